The van der Waals surface area contributed by atoms with Crippen LogP contribution in [0.2, 0.25) is 0 Å². The molecule has 4 rings (SSSR count). The highest BCUT2D eigenvalue weighted by molar-refractivity contribution is 8.00. The van der Waals surface area contributed by atoms with E-state index in [2.05, 4.69) is 21.3 Å². The molecule has 1 aliphatic rings. The van der Waals surface area contributed by atoms with Gasteiger partial charge in [-0.1, -0.05) is 11.8 Å². The number of likely N-dealkylation sites (tertiary alicyclic amines) is 1. The second-order valence-corrected chi connectivity index (χ2v) is 9.37. The third kappa shape index (κ3) is 4.59. The number of amides is 1. The van der Waals surface area contributed by atoms with Crippen molar-refractivity contribution in [2.45, 2.75) is 50.7 Å². The molecule has 3 aromatic heterocycles. The SMILES string of the molecule is Cc1nc(SCC(=O)N2CCCC(c3nnc4ccc(C(F)(F)F)cn34)C2)c(C#N)c(C)c1C. The number of aryl methyl sites for hydroxylation is 1. The van der Waals surface area contributed by atoms with Crippen LogP contribution >= 0.6 is 11.8 Å². The van der Waals surface area contributed by atoms with Gasteiger partial charge in [-0.2, -0.15) is 18.4 Å². The third-order valence-corrected chi connectivity index (χ3v) is 7.26. The highest BCUT2D eigenvalue weighted by atomic mass is 32.2. The number of hydrogen-bond acceptors (Lipinski definition) is 6. The lowest BCUT2D eigenvalue weighted by Crippen LogP contribution is -2.40. The zero-order valence-electron chi connectivity index (χ0n) is 19.0. The van der Waals surface area contributed by atoms with Gasteiger partial charge in [0.05, 0.1) is 16.9 Å². The molecule has 178 valence electrons. The van der Waals surface area contributed by atoms with Gasteiger partial charge in [-0.25, -0.2) is 4.98 Å². The van der Waals surface area contributed by atoms with Crippen molar-refractivity contribution in [3.63, 3.8) is 0 Å². The first-order chi connectivity index (χ1) is 16.1. The molecular weight excluding hydrogens is 465 g/mol. The fraction of sp³-hybridized carbons (Fsp3) is 0.435. The van der Waals surface area contributed by atoms with E-state index in [0.717, 1.165) is 29.1 Å². The van der Waals surface area contributed by atoms with E-state index in [0.29, 0.717) is 48.0 Å². The Balaban J connectivity index is 1.50. The minimum absolute atomic E-state index is 0.110. The van der Waals surface area contributed by atoms with Gasteiger partial charge in [0.1, 0.15) is 16.9 Å². The number of rotatable bonds is 4. The highest BCUT2D eigenvalue weighted by Gasteiger charge is 2.33. The lowest BCUT2D eigenvalue weighted by atomic mass is 9.97. The normalized spacial score (nSPS) is 16.6. The smallest absolute Gasteiger partial charge is 0.341 e. The number of halogens is 3. The van der Waals surface area contributed by atoms with Crippen molar-refractivity contribution in [2.75, 3.05) is 18.8 Å². The van der Waals surface area contributed by atoms with E-state index in [1.807, 2.05) is 20.8 Å². The predicted molar refractivity (Wildman–Crippen MR) is 120 cm³/mol. The monoisotopic (exact) mass is 488 g/mol. The zero-order chi connectivity index (χ0) is 24.6. The molecule has 11 heteroatoms. The van der Waals surface area contributed by atoms with Gasteiger partial charge in [0.15, 0.2) is 5.65 Å². The molecule has 7 nitrogen and oxygen atoms in total. The first-order valence-corrected chi connectivity index (χ1v) is 11.8. The number of carbonyl (C=O) groups excluding carboxylic acids is 1. The van der Waals surface area contributed by atoms with Gasteiger partial charge in [-0.3, -0.25) is 9.20 Å². The molecule has 4 heterocycles. The Morgan fingerprint density at radius 1 is 1.24 bits per heavy atom. The summed E-state index contributed by atoms with van der Waals surface area (Å²) in [6.45, 7) is 6.57. The molecule has 1 fully saturated rings. The summed E-state index contributed by atoms with van der Waals surface area (Å²) < 4.78 is 40.9. The maximum absolute atomic E-state index is 13.2. The van der Waals surface area contributed by atoms with E-state index in [1.54, 1.807) is 4.90 Å². The zero-order valence-corrected chi connectivity index (χ0v) is 19.8. The molecule has 1 amide bonds. The molecule has 1 saturated heterocycles. The van der Waals surface area contributed by atoms with Crippen molar-refractivity contribution in [3.8, 4) is 6.07 Å². The molecule has 0 saturated carbocycles. The predicted octanol–water partition coefficient (Wildman–Crippen LogP) is 4.44. The number of aromatic nitrogens is 4. The number of thioether (sulfide) groups is 1. The largest absolute Gasteiger partial charge is 0.417 e. The van der Waals surface area contributed by atoms with E-state index in [4.69, 9.17) is 0 Å². The summed E-state index contributed by atoms with van der Waals surface area (Å²) in [5.74, 6) is 0.207. The number of nitrogens with zero attached hydrogens (tertiary/aromatic N) is 6. The molecule has 0 aliphatic carbocycles. The quantitative estimate of drug-likeness (QED) is 0.505. The Hall–Kier alpha value is -3.13. The minimum atomic E-state index is -4.47. The van der Waals surface area contributed by atoms with E-state index >= 15 is 0 Å². The summed E-state index contributed by atoms with van der Waals surface area (Å²) in [7, 11) is 0. The molecular formula is C23H23F3N6OS. The number of hydrogen-bond donors (Lipinski definition) is 0. The first-order valence-electron chi connectivity index (χ1n) is 10.8. The Morgan fingerprint density at radius 2 is 2.00 bits per heavy atom. The number of pyridine rings is 2. The topological polar surface area (TPSA) is 87.2 Å². The Bertz CT molecular complexity index is 1300. The Morgan fingerprint density at radius 3 is 2.71 bits per heavy atom. The van der Waals surface area contributed by atoms with E-state index in [9.17, 15) is 23.2 Å². The maximum atomic E-state index is 13.2. The van der Waals surface area contributed by atoms with Crippen LogP contribution in [0.4, 0.5) is 13.2 Å². The molecule has 1 aliphatic heterocycles. The molecule has 3 aromatic rings. The van der Waals surface area contributed by atoms with E-state index < -0.39 is 11.7 Å². The number of piperidine rings is 1. The van der Waals surface area contributed by atoms with E-state index in [-0.39, 0.29) is 17.6 Å². The van der Waals surface area contributed by atoms with Crippen LogP contribution in [0.25, 0.3) is 5.65 Å². The van der Waals surface area contributed by atoms with Gasteiger partial charge in [0.2, 0.25) is 5.91 Å². The van der Waals surface area contributed by atoms with Crippen molar-refractivity contribution in [1.29, 1.82) is 5.26 Å². The summed E-state index contributed by atoms with van der Waals surface area (Å²) >= 11 is 1.23. The Labute approximate surface area is 199 Å². The molecule has 0 spiro atoms. The summed E-state index contributed by atoms with van der Waals surface area (Å²) in [5, 5.41) is 18.2. The fourth-order valence-electron chi connectivity index (χ4n) is 4.14. The number of carbonyl (C=O) groups is 1. The van der Waals surface area contributed by atoms with Crippen LogP contribution in [-0.4, -0.2) is 49.2 Å². The lowest BCUT2D eigenvalue weighted by Gasteiger charge is -2.32. The molecule has 1 unspecified atom stereocenters. The molecule has 0 bridgehead atoms. The minimum Gasteiger partial charge on any atom is -0.341 e. The Kier molecular flexibility index (Phi) is 6.53. The molecule has 0 aromatic carbocycles. The average Bonchev–Trinajstić information content (AvgIpc) is 3.24. The van der Waals surface area contributed by atoms with Crippen molar-refractivity contribution in [1.82, 2.24) is 24.5 Å². The average molecular weight is 489 g/mol. The number of alkyl halides is 3. The van der Waals surface area contributed by atoms with Crippen LogP contribution < -0.4 is 0 Å². The van der Waals surface area contributed by atoms with Crippen molar-refractivity contribution in [3.05, 3.63) is 52.1 Å². The van der Waals surface area contributed by atoms with Gasteiger partial charge in [-0.15, -0.1) is 10.2 Å². The van der Waals surface area contributed by atoms with Gasteiger partial charge >= 0.3 is 6.18 Å². The first kappa shape index (κ1) is 24.0. The summed E-state index contributed by atoms with van der Waals surface area (Å²) in [6.07, 6.45) is -2.05. The van der Waals surface area contributed by atoms with Crippen molar-refractivity contribution >= 4 is 23.3 Å². The van der Waals surface area contributed by atoms with Crippen LogP contribution in [0.1, 0.15) is 52.5 Å². The number of fused-ring (bicyclic) bond motifs is 1. The fourth-order valence-corrected chi connectivity index (χ4v) is 5.13. The standard InChI is InChI=1S/C23H23F3N6OS/c1-13-14(2)18(9-27)22(28-15(13)3)34-12-20(33)31-8-4-5-16(10-31)21-30-29-19-7-6-17(11-32(19)21)23(24,25)26/h6-7,11,16H,4-5,8,10,12H2,1-3H3. The maximum Gasteiger partial charge on any atom is 0.417 e. The van der Waals surface area contributed by atoms with Gasteiger partial charge in [-0.05, 0) is 56.9 Å². The summed E-state index contributed by atoms with van der Waals surface area (Å²) in [6, 6.07) is 4.47. The molecule has 0 radical (unpaired) electrons. The van der Waals surface area contributed by atoms with Crippen molar-refractivity contribution < 1.29 is 18.0 Å². The second-order valence-electron chi connectivity index (χ2n) is 8.41. The van der Waals surface area contributed by atoms with Crippen LogP contribution in [0.3, 0.4) is 0 Å². The third-order valence-electron chi connectivity index (χ3n) is 6.30. The number of nitriles is 1. The molecule has 0 N–H and O–H groups in total. The van der Waals surface area contributed by atoms with Crippen LogP contribution in [0.5, 0.6) is 0 Å². The highest BCUT2D eigenvalue weighted by Crippen LogP contribution is 2.32. The van der Waals surface area contributed by atoms with Crippen LogP contribution in [0, 0.1) is 32.1 Å². The van der Waals surface area contributed by atoms with Gasteiger partial charge in [0.25, 0.3) is 0 Å². The molecule has 34 heavy (non-hydrogen) atoms. The van der Waals surface area contributed by atoms with E-state index in [1.165, 1.54) is 22.2 Å². The van der Waals surface area contributed by atoms with Crippen LogP contribution in [0.15, 0.2) is 23.4 Å². The molecule has 1 atom stereocenters. The summed E-state index contributed by atoms with van der Waals surface area (Å²) in [4.78, 5) is 19.2. The summed E-state index contributed by atoms with van der Waals surface area (Å²) in [5.41, 5.74) is 2.68. The van der Waals surface area contributed by atoms with Crippen LogP contribution in [-0.2, 0) is 11.0 Å². The van der Waals surface area contributed by atoms with Gasteiger partial charge < -0.3 is 4.90 Å². The van der Waals surface area contributed by atoms with Crippen molar-refractivity contribution in [2.24, 2.45) is 0 Å². The van der Waals surface area contributed by atoms with Gasteiger partial charge in [0, 0.05) is 30.9 Å². The second kappa shape index (κ2) is 9.25. The lowest BCUT2D eigenvalue weighted by molar-refractivity contribution is -0.137.